The van der Waals surface area contributed by atoms with E-state index in [1.54, 1.807) is 12.1 Å². The van der Waals surface area contributed by atoms with Gasteiger partial charge in [0.25, 0.3) is 0 Å². The van der Waals surface area contributed by atoms with Crippen LogP contribution in [0.2, 0.25) is 0 Å². The molecule has 1 aliphatic carbocycles. The van der Waals surface area contributed by atoms with E-state index in [0.717, 1.165) is 5.56 Å². The zero-order valence-corrected chi connectivity index (χ0v) is 12.9. The molecule has 4 nitrogen and oxygen atoms in total. The van der Waals surface area contributed by atoms with Crippen molar-refractivity contribution >= 4 is 6.03 Å². The third-order valence-corrected chi connectivity index (χ3v) is 4.17. The van der Waals surface area contributed by atoms with Crippen molar-refractivity contribution in [3.8, 4) is 0 Å². The van der Waals surface area contributed by atoms with Crippen LogP contribution in [0.4, 0.5) is 13.6 Å². The van der Waals surface area contributed by atoms with E-state index in [1.165, 1.54) is 18.2 Å². The molecular weight excluding hydrogens is 314 g/mol. The minimum absolute atomic E-state index is 0.0181. The molecule has 0 aliphatic heterocycles. The topological polar surface area (TPSA) is 61.4 Å². The number of amides is 2. The minimum Gasteiger partial charge on any atom is -0.394 e. The van der Waals surface area contributed by atoms with Crippen molar-refractivity contribution in [3.05, 3.63) is 71.3 Å². The molecule has 2 amide bonds. The molecule has 3 atom stereocenters. The highest BCUT2D eigenvalue weighted by Crippen LogP contribution is 2.43. The summed E-state index contributed by atoms with van der Waals surface area (Å²) in [5.74, 6) is -1.55. The zero-order valence-electron chi connectivity index (χ0n) is 12.9. The highest BCUT2D eigenvalue weighted by molar-refractivity contribution is 5.75. The molecule has 0 unspecified atom stereocenters. The second-order valence-corrected chi connectivity index (χ2v) is 5.85. The van der Waals surface area contributed by atoms with E-state index in [4.69, 9.17) is 0 Å². The molecule has 2 aromatic carbocycles. The molecule has 24 heavy (non-hydrogen) atoms. The summed E-state index contributed by atoms with van der Waals surface area (Å²) in [5.41, 5.74) is 0.798. The van der Waals surface area contributed by atoms with Gasteiger partial charge < -0.3 is 15.7 Å². The van der Waals surface area contributed by atoms with Gasteiger partial charge in [-0.2, -0.15) is 0 Å². The molecule has 1 aliphatic rings. The maximum atomic E-state index is 13.7. The van der Waals surface area contributed by atoms with E-state index in [9.17, 15) is 18.7 Å². The second kappa shape index (κ2) is 6.97. The smallest absolute Gasteiger partial charge is 0.315 e. The van der Waals surface area contributed by atoms with Gasteiger partial charge in [-0.1, -0.05) is 36.4 Å². The predicted molar refractivity (Wildman–Crippen MR) is 85.4 cm³/mol. The third kappa shape index (κ3) is 3.54. The number of aliphatic hydroxyl groups is 1. The highest BCUT2D eigenvalue weighted by atomic mass is 19.1. The van der Waals surface area contributed by atoms with Crippen LogP contribution in [0.15, 0.2) is 48.5 Å². The molecule has 1 fully saturated rings. The van der Waals surface area contributed by atoms with Gasteiger partial charge in [-0.25, -0.2) is 13.6 Å². The average molecular weight is 332 g/mol. The van der Waals surface area contributed by atoms with Gasteiger partial charge in [-0.15, -0.1) is 0 Å². The maximum absolute atomic E-state index is 13.7. The lowest BCUT2D eigenvalue weighted by molar-refractivity contribution is 0.216. The minimum atomic E-state index is -0.595. The molecular formula is C18H18F2N2O2. The Hall–Kier alpha value is -2.47. The van der Waals surface area contributed by atoms with Gasteiger partial charge in [0.2, 0.25) is 0 Å². The fourth-order valence-electron chi connectivity index (χ4n) is 2.83. The Morgan fingerprint density at radius 2 is 1.79 bits per heavy atom. The molecule has 0 saturated heterocycles. The molecule has 1 saturated carbocycles. The summed E-state index contributed by atoms with van der Waals surface area (Å²) >= 11 is 0. The second-order valence-electron chi connectivity index (χ2n) is 5.85. The number of halogens is 2. The van der Waals surface area contributed by atoms with E-state index in [2.05, 4.69) is 10.6 Å². The number of aliphatic hydroxyl groups excluding tert-OH is 1. The van der Waals surface area contributed by atoms with Crippen molar-refractivity contribution in [2.45, 2.75) is 24.4 Å². The first-order chi connectivity index (χ1) is 11.6. The summed E-state index contributed by atoms with van der Waals surface area (Å²) in [5, 5.41) is 14.8. The number of nitrogens with one attached hydrogen (secondary N) is 2. The lowest BCUT2D eigenvalue weighted by atomic mass is 10.1. The van der Waals surface area contributed by atoms with Crippen LogP contribution in [0.3, 0.4) is 0 Å². The van der Waals surface area contributed by atoms with Gasteiger partial charge in [-0.05, 0) is 24.1 Å². The predicted octanol–water partition coefficient (Wildman–Crippen LogP) is 2.85. The first kappa shape index (κ1) is 16.4. The van der Waals surface area contributed by atoms with Crippen molar-refractivity contribution in [3.63, 3.8) is 0 Å². The van der Waals surface area contributed by atoms with Gasteiger partial charge in [0.1, 0.15) is 11.6 Å². The Morgan fingerprint density at radius 3 is 2.42 bits per heavy atom. The number of hydrogen-bond acceptors (Lipinski definition) is 2. The quantitative estimate of drug-likeness (QED) is 0.788. The summed E-state index contributed by atoms with van der Waals surface area (Å²) in [4.78, 5) is 12.1. The van der Waals surface area contributed by atoms with E-state index in [1.807, 2.05) is 18.2 Å². The monoisotopic (exact) mass is 332 g/mol. The SMILES string of the molecule is O=C(N[C@H]1C[C@@H]1c1c(F)cccc1F)N[C@H](CO)c1ccccc1. The molecule has 3 N–H and O–H groups in total. The van der Waals surface area contributed by atoms with Gasteiger partial charge in [0.15, 0.2) is 0 Å². The molecule has 2 aromatic rings. The zero-order chi connectivity index (χ0) is 17.1. The van der Waals surface area contributed by atoms with Crippen molar-refractivity contribution < 1.29 is 18.7 Å². The van der Waals surface area contributed by atoms with Crippen molar-refractivity contribution in [1.29, 1.82) is 0 Å². The van der Waals surface area contributed by atoms with Crippen LogP contribution < -0.4 is 10.6 Å². The summed E-state index contributed by atoms with van der Waals surface area (Å²) in [6.45, 7) is -0.243. The molecule has 0 aromatic heterocycles. The normalized spacial score (nSPS) is 20.3. The number of benzene rings is 2. The fourth-order valence-corrected chi connectivity index (χ4v) is 2.83. The van der Waals surface area contributed by atoms with E-state index in [-0.39, 0.29) is 24.1 Å². The molecule has 0 bridgehead atoms. The first-order valence-corrected chi connectivity index (χ1v) is 7.77. The lowest BCUT2D eigenvalue weighted by Crippen LogP contribution is -2.40. The van der Waals surface area contributed by atoms with E-state index < -0.39 is 23.7 Å². The Balaban J connectivity index is 1.59. The summed E-state index contributed by atoms with van der Waals surface area (Å²) < 4.78 is 27.5. The van der Waals surface area contributed by atoms with Crippen molar-refractivity contribution in [2.24, 2.45) is 0 Å². The Bertz CT molecular complexity index is 704. The largest absolute Gasteiger partial charge is 0.394 e. The molecule has 126 valence electrons. The number of hydrogen-bond donors (Lipinski definition) is 3. The highest BCUT2D eigenvalue weighted by Gasteiger charge is 2.42. The van der Waals surface area contributed by atoms with Gasteiger partial charge >= 0.3 is 6.03 Å². The van der Waals surface area contributed by atoms with Gasteiger partial charge in [0.05, 0.1) is 12.6 Å². The van der Waals surface area contributed by atoms with Crippen LogP contribution >= 0.6 is 0 Å². The maximum Gasteiger partial charge on any atom is 0.315 e. The summed E-state index contributed by atoms with van der Waals surface area (Å²) in [6, 6.07) is 11.5. The third-order valence-electron chi connectivity index (χ3n) is 4.17. The standard InChI is InChI=1S/C18H18F2N2O2/c19-13-7-4-8-14(20)17(13)12-9-15(12)21-18(24)22-16(10-23)11-5-2-1-3-6-11/h1-8,12,15-16,23H,9-10H2,(H2,21,22,24)/t12-,15-,16+/m0/s1. The van der Waals surface area contributed by atoms with Gasteiger partial charge in [0, 0.05) is 17.5 Å². The van der Waals surface area contributed by atoms with Crippen LogP contribution in [-0.4, -0.2) is 23.8 Å². The fraction of sp³-hybridized carbons (Fsp3) is 0.278. The van der Waals surface area contributed by atoms with Crippen LogP contribution in [-0.2, 0) is 0 Å². The van der Waals surface area contributed by atoms with Crippen LogP contribution in [0.1, 0.15) is 29.5 Å². The molecule has 6 heteroatoms. The van der Waals surface area contributed by atoms with Crippen LogP contribution in [0.5, 0.6) is 0 Å². The molecule has 0 spiro atoms. The summed E-state index contributed by atoms with van der Waals surface area (Å²) in [6.07, 6.45) is 0.487. The van der Waals surface area contributed by atoms with E-state index in [0.29, 0.717) is 6.42 Å². The van der Waals surface area contributed by atoms with Crippen LogP contribution in [0, 0.1) is 11.6 Å². The number of urea groups is 1. The van der Waals surface area contributed by atoms with Crippen molar-refractivity contribution in [2.75, 3.05) is 6.61 Å². The Labute approximate surface area is 138 Å². The first-order valence-electron chi connectivity index (χ1n) is 7.77. The summed E-state index contributed by atoms with van der Waals surface area (Å²) in [7, 11) is 0. The van der Waals surface area contributed by atoms with Gasteiger partial charge in [-0.3, -0.25) is 0 Å². The average Bonchev–Trinajstić information content (AvgIpc) is 3.31. The Morgan fingerprint density at radius 1 is 1.12 bits per heavy atom. The molecule has 0 heterocycles. The van der Waals surface area contributed by atoms with Crippen LogP contribution in [0.25, 0.3) is 0 Å². The Kier molecular flexibility index (Phi) is 4.76. The van der Waals surface area contributed by atoms with E-state index >= 15 is 0 Å². The van der Waals surface area contributed by atoms with Crippen molar-refractivity contribution in [1.82, 2.24) is 10.6 Å². The molecule has 3 rings (SSSR count). The number of carbonyl (C=O) groups is 1. The molecule has 0 radical (unpaired) electrons. The number of rotatable bonds is 5. The number of carbonyl (C=O) groups excluding carboxylic acids is 1. The lowest BCUT2D eigenvalue weighted by Gasteiger charge is -2.17.